The standard InChI is InChI=1S/C12H16N2O2/c1-12(5-2-6-12)14-8-3-4-10(13)9(7-8)11(15)16/h3-4,7,14H,2,5-6,13H2,1H3,(H,15,16). The van der Waals surface area contributed by atoms with Gasteiger partial charge in [-0.2, -0.15) is 0 Å². The Morgan fingerprint density at radius 3 is 2.69 bits per heavy atom. The molecule has 4 nitrogen and oxygen atoms in total. The van der Waals surface area contributed by atoms with Gasteiger partial charge in [0.1, 0.15) is 0 Å². The first-order valence-electron chi connectivity index (χ1n) is 5.41. The SMILES string of the molecule is CC1(Nc2ccc(N)c(C(=O)O)c2)CCC1. The first-order chi connectivity index (χ1) is 7.50. The highest BCUT2D eigenvalue weighted by atomic mass is 16.4. The zero-order chi connectivity index (χ0) is 11.8. The van der Waals surface area contributed by atoms with E-state index in [1.54, 1.807) is 12.1 Å². The number of benzene rings is 1. The molecular formula is C12H16N2O2. The highest BCUT2D eigenvalue weighted by molar-refractivity contribution is 5.94. The second kappa shape index (κ2) is 3.70. The number of nitrogens with two attached hydrogens (primary N) is 1. The van der Waals surface area contributed by atoms with E-state index < -0.39 is 5.97 Å². The summed E-state index contributed by atoms with van der Waals surface area (Å²) in [5.74, 6) is -0.986. The quantitative estimate of drug-likeness (QED) is 0.683. The van der Waals surface area contributed by atoms with Crippen molar-refractivity contribution >= 4 is 17.3 Å². The Morgan fingerprint density at radius 2 is 2.19 bits per heavy atom. The number of rotatable bonds is 3. The monoisotopic (exact) mass is 220 g/mol. The molecule has 1 aromatic carbocycles. The number of anilines is 2. The van der Waals surface area contributed by atoms with Crippen LogP contribution in [0.4, 0.5) is 11.4 Å². The molecule has 0 amide bonds. The molecule has 0 aliphatic heterocycles. The Morgan fingerprint density at radius 1 is 1.50 bits per heavy atom. The molecule has 0 atom stereocenters. The molecule has 0 saturated heterocycles. The largest absolute Gasteiger partial charge is 0.478 e. The predicted molar refractivity (Wildman–Crippen MR) is 63.7 cm³/mol. The first-order valence-corrected chi connectivity index (χ1v) is 5.41. The maximum absolute atomic E-state index is 10.9. The third kappa shape index (κ3) is 1.96. The number of hydrogen-bond acceptors (Lipinski definition) is 3. The topological polar surface area (TPSA) is 75.3 Å². The second-order valence-corrected chi connectivity index (χ2v) is 4.65. The van der Waals surface area contributed by atoms with Crippen molar-refractivity contribution in [2.75, 3.05) is 11.1 Å². The van der Waals surface area contributed by atoms with E-state index in [1.165, 1.54) is 6.42 Å². The van der Waals surface area contributed by atoms with Crippen LogP contribution in [0.25, 0.3) is 0 Å². The number of nitrogens with one attached hydrogen (secondary N) is 1. The molecule has 1 aliphatic carbocycles. The maximum Gasteiger partial charge on any atom is 0.337 e. The van der Waals surface area contributed by atoms with Gasteiger partial charge < -0.3 is 16.2 Å². The van der Waals surface area contributed by atoms with Crippen LogP contribution >= 0.6 is 0 Å². The molecule has 0 heterocycles. The van der Waals surface area contributed by atoms with Crippen LogP contribution < -0.4 is 11.1 Å². The maximum atomic E-state index is 10.9. The average molecular weight is 220 g/mol. The number of aromatic carboxylic acids is 1. The highest BCUT2D eigenvalue weighted by Crippen LogP contribution is 2.35. The van der Waals surface area contributed by atoms with Gasteiger partial charge in [-0.05, 0) is 44.4 Å². The van der Waals surface area contributed by atoms with Crippen LogP contribution in [0.2, 0.25) is 0 Å². The van der Waals surface area contributed by atoms with Crippen molar-refractivity contribution in [3.05, 3.63) is 23.8 Å². The van der Waals surface area contributed by atoms with Gasteiger partial charge in [-0.15, -0.1) is 0 Å². The van der Waals surface area contributed by atoms with E-state index >= 15 is 0 Å². The van der Waals surface area contributed by atoms with E-state index in [1.807, 2.05) is 6.07 Å². The zero-order valence-corrected chi connectivity index (χ0v) is 9.29. The summed E-state index contributed by atoms with van der Waals surface area (Å²) in [6, 6.07) is 5.06. The number of carboxylic acids is 1. The summed E-state index contributed by atoms with van der Waals surface area (Å²) in [4.78, 5) is 10.9. The van der Waals surface area contributed by atoms with Crippen molar-refractivity contribution in [2.24, 2.45) is 0 Å². The number of hydrogen-bond donors (Lipinski definition) is 3. The third-order valence-electron chi connectivity index (χ3n) is 3.19. The molecule has 0 radical (unpaired) electrons. The summed E-state index contributed by atoms with van der Waals surface area (Å²) in [6.45, 7) is 2.15. The lowest BCUT2D eigenvalue weighted by atomic mass is 9.78. The molecule has 1 aromatic rings. The smallest absolute Gasteiger partial charge is 0.337 e. The molecule has 16 heavy (non-hydrogen) atoms. The third-order valence-corrected chi connectivity index (χ3v) is 3.19. The van der Waals surface area contributed by atoms with E-state index in [0.717, 1.165) is 18.5 Å². The van der Waals surface area contributed by atoms with Crippen LogP contribution in [0, 0.1) is 0 Å². The lowest BCUT2D eigenvalue weighted by Crippen LogP contribution is -2.41. The molecule has 2 rings (SSSR count). The fourth-order valence-corrected chi connectivity index (χ4v) is 2.00. The number of nitrogen functional groups attached to an aromatic ring is 1. The molecule has 1 fully saturated rings. The predicted octanol–water partition coefficient (Wildman–Crippen LogP) is 2.32. The summed E-state index contributed by atoms with van der Waals surface area (Å²) < 4.78 is 0. The Labute approximate surface area is 94.5 Å². The van der Waals surface area contributed by atoms with E-state index in [2.05, 4.69) is 12.2 Å². The molecule has 0 bridgehead atoms. The minimum absolute atomic E-state index is 0.117. The lowest BCUT2D eigenvalue weighted by molar-refractivity contribution is 0.0698. The Bertz CT molecular complexity index is 425. The van der Waals surface area contributed by atoms with Gasteiger partial charge in [-0.25, -0.2) is 4.79 Å². The molecule has 0 aromatic heterocycles. The average Bonchev–Trinajstić information content (AvgIpc) is 2.18. The lowest BCUT2D eigenvalue weighted by Gasteiger charge is -2.40. The summed E-state index contributed by atoms with van der Waals surface area (Å²) in [5, 5.41) is 12.3. The van der Waals surface area contributed by atoms with Crippen molar-refractivity contribution in [2.45, 2.75) is 31.7 Å². The van der Waals surface area contributed by atoms with Gasteiger partial charge >= 0.3 is 5.97 Å². The van der Waals surface area contributed by atoms with E-state index in [-0.39, 0.29) is 11.1 Å². The van der Waals surface area contributed by atoms with Crippen molar-refractivity contribution < 1.29 is 9.90 Å². The summed E-state index contributed by atoms with van der Waals surface area (Å²) >= 11 is 0. The van der Waals surface area contributed by atoms with E-state index in [0.29, 0.717) is 5.69 Å². The molecule has 4 heteroatoms. The summed E-state index contributed by atoms with van der Waals surface area (Å²) in [6.07, 6.45) is 3.48. The molecule has 0 spiro atoms. The summed E-state index contributed by atoms with van der Waals surface area (Å²) in [5.41, 5.74) is 7.00. The molecule has 0 unspecified atom stereocenters. The van der Waals surface area contributed by atoms with Crippen molar-refractivity contribution in [3.8, 4) is 0 Å². The van der Waals surface area contributed by atoms with E-state index in [4.69, 9.17) is 10.8 Å². The highest BCUT2D eigenvalue weighted by Gasteiger charge is 2.31. The van der Waals surface area contributed by atoms with Crippen molar-refractivity contribution in [1.29, 1.82) is 0 Å². The van der Waals surface area contributed by atoms with Crippen molar-refractivity contribution in [1.82, 2.24) is 0 Å². The van der Waals surface area contributed by atoms with Crippen LogP contribution in [0.15, 0.2) is 18.2 Å². The van der Waals surface area contributed by atoms with E-state index in [9.17, 15) is 4.79 Å². The van der Waals surface area contributed by atoms with Crippen LogP contribution in [-0.4, -0.2) is 16.6 Å². The second-order valence-electron chi connectivity index (χ2n) is 4.65. The van der Waals surface area contributed by atoms with Gasteiger partial charge in [0.15, 0.2) is 0 Å². The van der Waals surface area contributed by atoms with Crippen LogP contribution in [0.3, 0.4) is 0 Å². The fourth-order valence-electron chi connectivity index (χ4n) is 2.00. The van der Waals surface area contributed by atoms with Gasteiger partial charge in [-0.1, -0.05) is 0 Å². The number of carboxylic acid groups (broad SMARTS) is 1. The zero-order valence-electron chi connectivity index (χ0n) is 9.29. The van der Waals surface area contributed by atoms with Gasteiger partial charge in [-0.3, -0.25) is 0 Å². The molecule has 86 valence electrons. The molecular weight excluding hydrogens is 204 g/mol. The summed E-state index contributed by atoms with van der Waals surface area (Å²) in [7, 11) is 0. The minimum atomic E-state index is -0.986. The fraction of sp³-hybridized carbons (Fsp3) is 0.417. The van der Waals surface area contributed by atoms with Gasteiger partial charge in [0.2, 0.25) is 0 Å². The molecule has 1 aliphatic rings. The van der Waals surface area contributed by atoms with Crippen LogP contribution in [-0.2, 0) is 0 Å². The Hall–Kier alpha value is -1.71. The normalized spacial score (nSPS) is 17.6. The number of carbonyl (C=O) groups is 1. The minimum Gasteiger partial charge on any atom is -0.478 e. The first kappa shape index (κ1) is 10.8. The van der Waals surface area contributed by atoms with Gasteiger partial charge in [0.05, 0.1) is 5.56 Å². The Balaban J connectivity index is 2.22. The Kier molecular flexibility index (Phi) is 2.50. The van der Waals surface area contributed by atoms with Crippen molar-refractivity contribution in [3.63, 3.8) is 0 Å². The van der Waals surface area contributed by atoms with Gasteiger partial charge in [0.25, 0.3) is 0 Å². The van der Waals surface area contributed by atoms with Gasteiger partial charge in [0, 0.05) is 16.9 Å². The van der Waals surface area contributed by atoms with Crippen LogP contribution in [0.1, 0.15) is 36.5 Å². The molecule has 1 saturated carbocycles. The molecule has 4 N–H and O–H groups in total. The van der Waals surface area contributed by atoms with Crippen LogP contribution in [0.5, 0.6) is 0 Å².